The van der Waals surface area contributed by atoms with E-state index in [2.05, 4.69) is 57.1 Å². The van der Waals surface area contributed by atoms with Gasteiger partial charge in [-0.15, -0.1) is 0 Å². The third kappa shape index (κ3) is 3.05. The van der Waals surface area contributed by atoms with Gasteiger partial charge in [-0.1, -0.05) is 13.8 Å². The van der Waals surface area contributed by atoms with E-state index in [-0.39, 0.29) is 6.04 Å². The Morgan fingerprint density at radius 3 is 2.65 bits per heavy atom. The van der Waals surface area contributed by atoms with Crippen molar-refractivity contribution in [3.05, 3.63) is 26.8 Å². The van der Waals surface area contributed by atoms with Crippen LogP contribution in [0.2, 0.25) is 0 Å². The molecular formula is C15H19Br2NO2. The number of benzene rings is 1. The van der Waals surface area contributed by atoms with Gasteiger partial charge in [0.1, 0.15) is 17.1 Å². The summed E-state index contributed by atoms with van der Waals surface area (Å²) in [5.74, 6) is 1.76. The average molecular weight is 405 g/mol. The van der Waals surface area contributed by atoms with Crippen molar-refractivity contribution >= 4 is 42.8 Å². The normalized spacial score (nSPS) is 12.8. The van der Waals surface area contributed by atoms with Crippen molar-refractivity contribution in [2.45, 2.75) is 32.7 Å². The lowest BCUT2D eigenvalue weighted by Gasteiger charge is -2.13. The van der Waals surface area contributed by atoms with Crippen LogP contribution in [0.4, 0.5) is 0 Å². The molecule has 1 aromatic carbocycles. The van der Waals surface area contributed by atoms with Crippen LogP contribution in [0.25, 0.3) is 11.0 Å². The topological polar surface area (TPSA) is 34.4 Å². The van der Waals surface area contributed by atoms with Crippen LogP contribution in [0, 0.1) is 0 Å². The van der Waals surface area contributed by atoms with Crippen molar-refractivity contribution in [3.63, 3.8) is 0 Å². The van der Waals surface area contributed by atoms with Gasteiger partial charge >= 0.3 is 0 Å². The highest BCUT2D eigenvalue weighted by atomic mass is 79.9. The molecule has 0 bridgehead atoms. The van der Waals surface area contributed by atoms with Gasteiger partial charge in [0.25, 0.3) is 0 Å². The Hall–Kier alpha value is -0.520. The van der Waals surface area contributed by atoms with E-state index in [9.17, 15) is 0 Å². The van der Waals surface area contributed by atoms with E-state index in [4.69, 9.17) is 9.15 Å². The Balaban J connectivity index is 2.47. The molecule has 110 valence electrons. The predicted molar refractivity (Wildman–Crippen MR) is 89.5 cm³/mol. The zero-order valence-electron chi connectivity index (χ0n) is 11.9. The van der Waals surface area contributed by atoms with Crippen LogP contribution in [-0.4, -0.2) is 13.7 Å². The predicted octanol–water partition coefficient (Wildman–Crippen LogP) is 5.42. The molecule has 1 unspecified atom stereocenters. The zero-order valence-corrected chi connectivity index (χ0v) is 15.1. The molecule has 0 saturated carbocycles. The van der Waals surface area contributed by atoms with Crippen LogP contribution in [0.5, 0.6) is 5.75 Å². The monoisotopic (exact) mass is 403 g/mol. The molecule has 0 saturated heterocycles. The summed E-state index contributed by atoms with van der Waals surface area (Å²) in [4.78, 5) is 0. The molecule has 0 amide bonds. The molecule has 0 aliphatic rings. The number of hydrogen-bond acceptors (Lipinski definition) is 3. The molecule has 2 aromatic rings. The second kappa shape index (κ2) is 6.96. The summed E-state index contributed by atoms with van der Waals surface area (Å²) in [5.41, 5.74) is 0.851. The number of halogens is 2. The molecule has 5 heteroatoms. The lowest BCUT2D eigenvalue weighted by molar-refractivity contribution is 0.411. The SMILES string of the molecule is CCCNC(CC)c1cc2c(Br)c(OC)cc(Br)c2o1. The van der Waals surface area contributed by atoms with Crippen LogP contribution < -0.4 is 10.1 Å². The third-order valence-electron chi connectivity index (χ3n) is 3.29. The highest BCUT2D eigenvalue weighted by Gasteiger charge is 2.19. The lowest BCUT2D eigenvalue weighted by Crippen LogP contribution is -2.20. The average Bonchev–Trinajstić information content (AvgIpc) is 2.89. The summed E-state index contributed by atoms with van der Waals surface area (Å²) in [7, 11) is 1.66. The first-order valence-electron chi connectivity index (χ1n) is 6.81. The van der Waals surface area contributed by atoms with Gasteiger partial charge in [-0.05, 0) is 63.4 Å². The molecule has 2 rings (SSSR count). The Morgan fingerprint density at radius 1 is 1.30 bits per heavy atom. The molecule has 0 spiro atoms. The molecule has 0 aliphatic carbocycles. The highest BCUT2D eigenvalue weighted by Crippen LogP contribution is 2.40. The minimum Gasteiger partial charge on any atom is -0.496 e. The van der Waals surface area contributed by atoms with Crippen LogP contribution in [0.15, 0.2) is 25.5 Å². The molecular weight excluding hydrogens is 386 g/mol. The maximum absolute atomic E-state index is 6.03. The number of furan rings is 1. The van der Waals surface area contributed by atoms with E-state index in [0.29, 0.717) is 0 Å². The summed E-state index contributed by atoms with van der Waals surface area (Å²) >= 11 is 7.13. The van der Waals surface area contributed by atoms with Gasteiger partial charge in [0.2, 0.25) is 0 Å². The zero-order chi connectivity index (χ0) is 14.7. The first kappa shape index (κ1) is 15.9. The fourth-order valence-electron chi connectivity index (χ4n) is 2.21. The van der Waals surface area contributed by atoms with Gasteiger partial charge in [0, 0.05) is 5.39 Å². The van der Waals surface area contributed by atoms with Crippen molar-refractivity contribution in [2.24, 2.45) is 0 Å². The molecule has 1 N–H and O–H groups in total. The molecule has 0 radical (unpaired) electrons. The summed E-state index contributed by atoms with van der Waals surface area (Å²) in [6, 6.07) is 4.25. The van der Waals surface area contributed by atoms with Crippen molar-refractivity contribution in [3.8, 4) is 5.75 Å². The summed E-state index contributed by atoms with van der Waals surface area (Å²) in [6.07, 6.45) is 2.10. The van der Waals surface area contributed by atoms with Gasteiger partial charge in [-0.2, -0.15) is 0 Å². The second-order valence-corrected chi connectivity index (χ2v) is 6.33. The van der Waals surface area contributed by atoms with Gasteiger partial charge in [0.05, 0.1) is 22.1 Å². The number of methoxy groups -OCH3 is 1. The van der Waals surface area contributed by atoms with Gasteiger partial charge in [0.15, 0.2) is 0 Å². The minimum atomic E-state index is 0.243. The van der Waals surface area contributed by atoms with Gasteiger partial charge < -0.3 is 14.5 Å². The number of rotatable bonds is 6. The molecule has 0 aliphatic heterocycles. The number of fused-ring (bicyclic) bond motifs is 1. The maximum atomic E-state index is 6.03. The Labute approximate surface area is 136 Å². The second-order valence-electron chi connectivity index (χ2n) is 4.68. The quantitative estimate of drug-likeness (QED) is 0.698. The standard InChI is InChI=1S/C15H19Br2NO2/c1-4-6-18-11(5-2)12-7-9-14(17)13(19-3)8-10(16)15(9)20-12/h7-8,11,18H,4-6H2,1-3H3. The lowest BCUT2D eigenvalue weighted by atomic mass is 10.1. The summed E-state index contributed by atoms with van der Waals surface area (Å²) in [5, 5.41) is 4.54. The highest BCUT2D eigenvalue weighted by molar-refractivity contribution is 9.11. The van der Waals surface area contributed by atoms with E-state index in [1.807, 2.05) is 6.07 Å². The van der Waals surface area contributed by atoms with Crippen molar-refractivity contribution in [1.29, 1.82) is 0 Å². The molecule has 20 heavy (non-hydrogen) atoms. The maximum Gasteiger partial charge on any atom is 0.149 e. The van der Waals surface area contributed by atoms with Crippen LogP contribution in [-0.2, 0) is 0 Å². The largest absolute Gasteiger partial charge is 0.496 e. The van der Waals surface area contributed by atoms with Gasteiger partial charge in [-0.3, -0.25) is 0 Å². The molecule has 1 heterocycles. The molecule has 1 atom stereocenters. The van der Waals surface area contributed by atoms with E-state index in [0.717, 1.165) is 50.8 Å². The van der Waals surface area contributed by atoms with Crippen molar-refractivity contribution in [1.82, 2.24) is 5.32 Å². The Morgan fingerprint density at radius 2 is 2.05 bits per heavy atom. The first-order valence-corrected chi connectivity index (χ1v) is 8.39. The number of hydrogen-bond donors (Lipinski definition) is 1. The third-order valence-corrected chi connectivity index (χ3v) is 4.70. The van der Waals surface area contributed by atoms with Crippen LogP contribution in [0.3, 0.4) is 0 Å². The van der Waals surface area contributed by atoms with Crippen LogP contribution in [0.1, 0.15) is 38.5 Å². The van der Waals surface area contributed by atoms with Gasteiger partial charge in [-0.25, -0.2) is 0 Å². The fourth-order valence-corrected chi connectivity index (χ4v) is 3.29. The molecule has 3 nitrogen and oxygen atoms in total. The van der Waals surface area contributed by atoms with E-state index in [1.165, 1.54) is 0 Å². The number of ether oxygens (including phenoxy) is 1. The number of nitrogens with one attached hydrogen (secondary N) is 1. The molecule has 1 aromatic heterocycles. The summed E-state index contributed by atoms with van der Waals surface area (Å²) in [6.45, 7) is 5.31. The summed E-state index contributed by atoms with van der Waals surface area (Å²) < 4.78 is 13.2. The van der Waals surface area contributed by atoms with E-state index >= 15 is 0 Å². The van der Waals surface area contributed by atoms with E-state index < -0.39 is 0 Å². The molecule has 0 fully saturated rings. The van der Waals surface area contributed by atoms with Crippen molar-refractivity contribution < 1.29 is 9.15 Å². The minimum absolute atomic E-state index is 0.243. The Kier molecular flexibility index (Phi) is 5.52. The smallest absolute Gasteiger partial charge is 0.149 e. The van der Waals surface area contributed by atoms with E-state index in [1.54, 1.807) is 7.11 Å². The Bertz CT molecular complexity index is 595. The first-order chi connectivity index (χ1) is 9.62. The fraction of sp³-hybridized carbons (Fsp3) is 0.467. The van der Waals surface area contributed by atoms with Crippen molar-refractivity contribution in [2.75, 3.05) is 13.7 Å². The van der Waals surface area contributed by atoms with Crippen LogP contribution >= 0.6 is 31.9 Å².